The van der Waals surface area contributed by atoms with Crippen LogP contribution in [0.4, 0.5) is 11.4 Å². The molecule has 2 amide bonds. The van der Waals surface area contributed by atoms with Gasteiger partial charge in [-0.1, -0.05) is 41.9 Å². The van der Waals surface area contributed by atoms with Crippen LogP contribution in [0.5, 0.6) is 0 Å². The standard InChI is InChI=1S/C22H19ClN2O4S/c1-15(26)24-18-11-12-21(20(23)13-18)25-22(27)17-9-7-16(8-10-17)14-30(28,29)19-5-3-2-4-6-19/h2-13H,14H2,1H3,(H,24,26)(H,25,27). The third-order valence-electron chi connectivity index (χ3n) is 4.21. The van der Waals surface area contributed by atoms with Crippen molar-refractivity contribution in [1.82, 2.24) is 0 Å². The number of hydrogen-bond acceptors (Lipinski definition) is 4. The number of benzene rings is 3. The molecular weight excluding hydrogens is 424 g/mol. The van der Waals surface area contributed by atoms with Crippen molar-refractivity contribution < 1.29 is 18.0 Å². The van der Waals surface area contributed by atoms with E-state index in [4.69, 9.17) is 11.6 Å². The van der Waals surface area contributed by atoms with E-state index in [0.29, 0.717) is 22.5 Å². The van der Waals surface area contributed by atoms with Crippen molar-refractivity contribution in [3.63, 3.8) is 0 Å². The van der Waals surface area contributed by atoms with E-state index < -0.39 is 9.84 Å². The third-order valence-corrected chi connectivity index (χ3v) is 6.23. The maximum absolute atomic E-state index is 12.5. The van der Waals surface area contributed by atoms with Crippen molar-refractivity contribution in [1.29, 1.82) is 0 Å². The van der Waals surface area contributed by atoms with E-state index in [-0.39, 0.29) is 27.5 Å². The molecule has 0 aliphatic carbocycles. The van der Waals surface area contributed by atoms with Crippen LogP contribution >= 0.6 is 11.6 Å². The van der Waals surface area contributed by atoms with Gasteiger partial charge in [-0.25, -0.2) is 8.42 Å². The van der Waals surface area contributed by atoms with Crippen LogP contribution in [0.15, 0.2) is 77.7 Å². The summed E-state index contributed by atoms with van der Waals surface area (Å²) in [6, 6.07) is 19.3. The average molecular weight is 443 g/mol. The van der Waals surface area contributed by atoms with Crippen LogP contribution in [0, 0.1) is 0 Å². The molecular formula is C22H19ClN2O4S. The highest BCUT2D eigenvalue weighted by Crippen LogP contribution is 2.26. The molecule has 0 heterocycles. The van der Waals surface area contributed by atoms with Gasteiger partial charge in [-0.3, -0.25) is 9.59 Å². The first-order valence-electron chi connectivity index (χ1n) is 9.00. The van der Waals surface area contributed by atoms with Crippen LogP contribution in [0.1, 0.15) is 22.8 Å². The smallest absolute Gasteiger partial charge is 0.255 e. The van der Waals surface area contributed by atoms with Gasteiger partial charge in [0.25, 0.3) is 5.91 Å². The Morgan fingerprint density at radius 2 is 1.57 bits per heavy atom. The Bertz CT molecular complexity index is 1180. The van der Waals surface area contributed by atoms with E-state index >= 15 is 0 Å². The monoisotopic (exact) mass is 442 g/mol. The van der Waals surface area contributed by atoms with Crippen LogP contribution in [-0.2, 0) is 20.4 Å². The second kappa shape index (κ2) is 9.11. The van der Waals surface area contributed by atoms with Crippen molar-refractivity contribution in [2.45, 2.75) is 17.6 Å². The Hall–Kier alpha value is -3.16. The molecule has 8 heteroatoms. The number of anilines is 2. The zero-order valence-electron chi connectivity index (χ0n) is 16.1. The summed E-state index contributed by atoms with van der Waals surface area (Å²) in [4.78, 5) is 23.8. The first-order chi connectivity index (χ1) is 14.2. The molecule has 2 N–H and O–H groups in total. The molecule has 0 aromatic heterocycles. The fourth-order valence-electron chi connectivity index (χ4n) is 2.77. The van der Waals surface area contributed by atoms with Crippen molar-refractivity contribution in [3.05, 3.63) is 88.9 Å². The quantitative estimate of drug-likeness (QED) is 0.586. The first-order valence-corrected chi connectivity index (χ1v) is 11.0. The lowest BCUT2D eigenvalue weighted by Gasteiger charge is -2.10. The Labute approximate surface area is 179 Å². The SMILES string of the molecule is CC(=O)Nc1ccc(NC(=O)c2ccc(CS(=O)(=O)c3ccccc3)cc2)c(Cl)c1. The summed E-state index contributed by atoms with van der Waals surface area (Å²) in [5.41, 5.74) is 1.85. The molecule has 0 saturated heterocycles. The summed E-state index contributed by atoms with van der Waals surface area (Å²) >= 11 is 6.17. The van der Waals surface area contributed by atoms with Gasteiger partial charge in [0.1, 0.15) is 0 Å². The lowest BCUT2D eigenvalue weighted by atomic mass is 10.1. The number of hydrogen-bond donors (Lipinski definition) is 2. The minimum Gasteiger partial charge on any atom is -0.326 e. The number of sulfone groups is 1. The lowest BCUT2D eigenvalue weighted by Crippen LogP contribution is -2.13. The van der Waals surface area contributed by atoms with Crippen LogP contribution in [0.2, 0.25) is 5.02 Å². The molecule has 0 unspecified atom stereocenters. The predicted octanol–water partition coefficient (Wildman–Crippen LogP) is 4.52. The zero-order chi connectivity index (χ0) is 21.7. The number of rotatable bonds is 6. The van der Waals surface area contributed by atoms with Crippen molar-refractivity contribution >= 4 is 44.6 Å². The number of nitrogens with one attached hydrogen (secondary N) is 2. The normalized spacial score (nSPS) is 11.0. The summed E-state index contributed by atoms with van der Waals surface area (Å²) in [6.07, 6.45) is 0. The van der Waals surface area contributed by atoms with Gasteiger partial charge < -0.3 is 10.6 Å². The summed E-state index contributed by atoms with van der Waals surface area (Å²) in [5.74, 6) is -0.770. The molecule has 3 rings (SSSR count). The highest BCUT2D eigenvalue weighted by molar-refractivity contribution is 7.90. The van der Waals surface area contributed by atoms with Gasteiger partial charge in [0.2, 0.25) is 5.91 Å². The first kappa shape index (κ1) is 21.5. The largest absolute Gasteiger partial charge is 0.326 e. The van der Waals surface area contributed by atoms with Crippen molar-refractivity contribution in [2.75, 3.05) is 10.6 Å². The maximum Gasteiger partial charge on any atom is 0.255 e. The number of carbonyl (C=O) groups is 2. The average Bonchev–Trinajstić information content (AvgIpc) is 2.70. The van der Waals surface area contributed by atoms with Crippen molar-refractivity contribution in [2.24, 2.45) is 0 Å². The Morgan fingerprint density at radius 1 is 0.900 bits per heavy atom. The van der Waals surface area contributed by atoms with Gasteiger partial charge in [-0.15, -0.1) is 0 Å². The van der Waals surface area contributed by atoms with Gasteiger partial charge in [0.15, 0.2) is 9.84 Å². The van der Waals surface area contributed by atoms with E-state index in [1.54, 1.807) is 66.7 Å². The van der Waals surface area contributed by atoms with Crippen LogP contribution in [0.3, 0.4) is 0 Å². The van der Waals surface area contributed by atoms with E-state index in [0.717, 1.165) is 0 Å². The molecule has 0 atom stereocenters. The van der Waals surface area contributed by atoms with Gasteiger partial charge >= 0.3 is 0 Å². The molecule has 30 heavy (non-hydrogen) atoms. The highest BCUT2D eigenvalue weighted by Gasteiger charge is 2.15. The van der Waals surface area contributed by atoms with Gasteiger partial charge in [0.05, 0.1) is 21.4 Å². The van der Waals surface area contributed by atoms with E-state index in [9.17, 15) is 18.0 Å². The third kappa shape index (κ3) is 5.46. The van der Waals surface area contributed by atoms with Crippen molar-refractivity contribution in [3.8, 4) is 0 Å². The Kier molecular flexibility index (Phi) is 6.54. The second-order valence-electron chi connectivity index (χ2n) is 6.60. The van der Waals surface area contributed by atoms with Gasteiger partial charge in [-0.2, -0.15) is 0 Å². The topological polar surface area (TPSA) is 92.3 Å². The molecule has 0 bridgehead atoms. The summed E-state index contributed by atoms with van der Waals surface area (Å²) in [5, 5.41) is 5.59. The Morgan fingerprint density at radius 3 is 2.17 bits per heavy atom. The summed E-state index contributed by atoms with van der Waals surface area (Å²) < 4.78 is 24.9. The molecule has 154 valence electrons. The van der Waals surface area contributed by atoms with E-state index in [2.05, 4.69) is 10.6 Å². The van der Waals surface area contributed by atoms with Crippen LogP contribution in [0.25, 0.3) is 0 Å². The fraction of sp³-hybridized carbons (Fsp3) is 0.0909. The fourth-order valence-corrected chi connectivity index (χ4v) is 4.37. The van der Waals surface area contributed by atoms with E-state index in [1.807, 2.05) is 0 Å². The maximum atomic E-state index is 12.5. The molecule has 0 spiro atoms. The second-order valence-corrected chi connectivity index (χ2v) is 9.00. The molecule has 3 aromatic carbocycles. The van der Waals surface area contributed by atoms with Crippen LogP contribution < -0.4 is 10.6 Å². The minimum absolute atomic E-state index is 0.157. The summed E-state index contributed by atoms with van der Waals surface area (Å²) in [7, 11) is -3.46. The molecule has 6 nitrogen and oxygen atoms in total. The molecule has 0 radical (unpaired) electrons. The van der Waals surface area contributed by atoms with Gasteiger partial charge in [0, 0.05) is 18.2 Å². The molecule has 0 fully saturated rings. The minimum atomic E-state index is -3.46. The van der Waals surface area contributed by atoms with Crippen LogP contribution in [-0.4, -0.2) is 20.2 Å². The number of amides is 2. The molecule has 3 aromatic rings. The summed E-state index contributed by atoms with van der Waals surface area (Å²) in [6.45, 7) is 1.39. The molecule has 0 saturated carbocycles. The predicted molar refractivity (Wildman–Crippen MR) is 117 cm³/mol. The number of halogens is 1. The zero-order valence-corrected chi connectivity index (χ0v) is 17.6. The Balaban J connectivity index is 1.69. The highest BCUT2D eigenvalue weighted by atomic mass is 35.5. The molecule has 0 aliphatic rings. The molecule has 0 aliphatic heterocycles. The van der Waals surface area contributed by atoms with Gasteiger partial charge in [-0.05, 0) is 48.0 Å². The number of carbonyl (C=O) groups excluding carboxylic acids is 2. The lowest BCUT2D eigenvalue weighted by molar-refractivity contribution is -0.114. The van der Waals surface area contributed by atoms with E-state index in [1.165, 1.54) is 13.0 Å².